The highest BCUT2D eigenvalue weighted by Crippen LogP contribution is 2.29. The molecular weight excluding hydrogens is 372 g/mol. The Morgan fingerprint density at radius 3 is 2.50 bits per heavy atom. The van der Waals surface area contributed by atoms with Gasteiger partial charge in [-0.25, -0.2) is 5.43 Å². The van der Waals surface area contributed by atoms with Gasteiger partial charge in [0, 0.05) is 5.56 Å². The van der Waals surface area contributed by atoms with Crippen LogP contribution in [0.5, 0.6) is 5.75 Å². The predicted octanol–water partition coefficient (Wildman–Crippen LogP) is 5.15. The molecule has 4 heteroatoms. The Morgan fingerprint density at radius 1 is 0.933 bits per heavy atom. The minimum atomic E-state index is -0.282. The molecule has 1 amide bonds. The van der Waals surface area contributed by atoms with Crippen LogP contribution in [0.2, 0.25) is 0 Å². The van der Waals surface area contributed by atoms with Crippen LogP contribution in [0.1, 0.15) is 36.5 Å². The fourth-order valence-electron chi connectivity index (χ4n) is 3.79. The van der Waals surface area contributed by atoms with E-state index in [4.69, 9.17) is 4.74 Å². The molecular formula is C26H26N2O2. The Labute approximate surface area is 177 Å². The number of hydrogen-bond donors (Lipinski definition) is 1. The van der Waals surface area contributed by atoms with E-state index in [9.17, 15) is 4.79 Å². The lowest BCUT2D eigenvalue weighted by Gasteiger charge is -2.16. The van der Waals surface area contributed by atoms with Crippen LogP contribution in [0, 0.1) is 0 Å². The Kier molecular flexibility index (Phi) is 6.23. The number of hydrogen-bond acceptors (Lipinski definition) is 3. The second-order valence-electron chi connectivity index (χ2n) is 7.57. The Bertz CT molecular complexity index is 1060. The van der Waals surface area contributed by atoms with Crippen LogP contribution in [0.3, 0.4) is 0 Å². The molecule has 0 aromatic heterocycles. The second kappa shape index (κ2) is 9.40. The Balaban J connectivity index is 1.38. The zero-order valence-electron chi connectivity index (χ0n) is 17.2. The number of amides is 1. The first-order valence-corrected chi connectivity index (χ1v) is 10.4. The van der Waals surface area contributed by atoms with Crippen LogP contribution < -0.4 is 10.2 Å². The van der Waals surface area contributed by atoms with Crippen molar-refractivity contribution < 1.29 is 9.53 Å². The van der Waals surface area contributed by atoms with E-state index >= 15 is 0 Å². The molecule has 30 heavy (non-hydrogen) atoms. The summed E-state index contributed by atoms with van der Waals surface area (Å²) in [6.07, 6.45) is 4.79. The number of aryl methyl sites for hydroxylation is 2. The van der Waals surface area contributed by atoms with Crippen LogP contribution >= 0.6 is 0 Å². The number of nitrogens with zero attached hydrogens (tertiary/aromatic N) is 1. The number of hydrazone groups is 1. The molecule has 1 aliphatic carbocycles. The quantitative estimate of drug-likeness (QED) is 0.461. The number of nitrogens with one attached hydrogen (secondary N) is 1. The average molecular weight is 399 g/mol. The molecule has 0 saturated carbocycles. The van der Waals surface area contributed by atoms with E-state index in [-0.39, 0.29) is 12.5 Å². The summed E-state index contributed by atoms with van der Waals surface area (Å²) in [4.78, 5) is 12.3. The smallest absolute Gasteiger partial charge is 0.277 e. The van der Waals surface area contributed by atoms with Gasteiger partial charge in [-0.1, -0.05) is 60.7 Å². The van der Waals surface area contributed by atoms with Gasteiger partial charge in [-0.3, -0.25) is 4.79 Å². The molecule has 0 saturated heterocycles. The van der Waals surface area contributed by atoms with E-state index in [0.29, 0.717) is 5.75 Å². The fourth-order valence-corrected chi connectivity index (χ4v) is 3.79. The third-order valence-corrected chi connectivity index (χ3v) is 5.45. The van der Waals surface area contributed by atoms with Gasteiger partial charge in [0.25, 0.3) is 5.91 Å². The molecule has 0 unspecified atom stereocenters. The molecule has 0 heterocycles. The summed E-state index contributed by atoms with van der Waals surface area (Å²) in [7, 11) is 0. The molecule has 3 aromatic carbocycles. The minimum Gasteiger partial charge on any atom is -0.483 e. The van der Waals surface area contributed by atoms with Crippen LogP contribution in [0.25, 0.3) is 11.1 Å². The van der Waals surface area contributed by atoms with E-state index < -0.39 is 0 Å². The number of para-hydroxylation sites is 1. The van der Waals surface area contributed by atoms with Gasteiger partial charge in [0.2, 0.25) is 0 Å². The standard InChI is InChI=1S/C26H26N2O2/c1-19(22-16-15-20-9-5-6-12-23(20)17-22)27-28-26(29)18-30-25-14-8-7-13-24(25)21-10-3-2-4-11-21/h2-4,7-8,10-11,13-17H,5-6,9,12,18H2,1H3,(H,28,29). The van der Waals surface area contributed by atoms with Crippen molar-refractivity contribution in [3.05, 3.63) is 89.5 Å². The summed E-state index contributed by atoms with van der Waals surface area (Å²) in [6, 6.07) is 24.2. The van der Waals surface area contributed by atoms with Gasteiger partial charge in [0.15, 0.2) is 6.61 Å². The monoisotopic (exact) mass is 398 g/mol. The predicted molar refractivity (Wildman–Crippen MR) is 121 cm³/mol. The van der Waals surface area contributed by atoms with Crippen LogP contribution in [0.15, 0.2) is 77.9 Å². The topological polar surface area (TPSA) is 50.7 Å². The number of fused-ring (bicyclic) bond motifs is 1. The molecule has 0 atom stereocenters. The first-order valence-electron chi connectivity index (χ1n) is 10.4. The van der Waals surface area contributed by atoms with Gasteiger partial charge in [-0.05, 0) is 67.0 Å². The minimum absolute atomic E-state index is 0.0924. The lowest BCUT2D eigenvalue weighted by Crippen LogP contribution is -2.25. The van der Waals surface area contributed by atoms with Crippen LogP contribution in [-0.4, -0.2) is 18.2 Å². The van der Waals surface area contributed by atoms with Crippen molar-refractivity contribution in [3.63, 3.8) is 0 Å². The van der Waals surface area contributed by atoms with Gasteiger partial charge in [-0.15, -0.1) is 0 Å². The largest absolute Gasteiger partial charge is 0.483 e. The number of carbonyl (C=O) groups excluding carboxylic acids is 1. The van der Waals surface area contributed by atoms with Crippen molar-refractivity contribution >= 4 is 11.6 Å². The van der Waals surface area contributed by atoms with Gasteiger partial charge >= 0.3 is 0 Å². The zero-order chi connectivity index (χ0) is 20.8. The van der Waals surface area contributed by atoms with Crippen molar-refractivity contribution in [3.8, 4) is 16.9 Å². The highest BCUT2D eigenvalue weighted by molar-refractivity contribution is 5.99. The maximum Gasteiger partial charge on any atom is 0.277 e. The summed E-state index contributed by atoms with van der Waals surface area (Å²) >= 11 is 0. The maximum atomic E-state index is 12.3. The van der Waals surface area contributed by atoms with Gasteiger partial charge in [0.1, 0.15) is 5.75 Å². The Morgan fingerprint density at radius 2 is 1.67 bits per heavy atom. The molecule has 0 spiro atoms. The van der Waals surface area contributed by atoms with Crippen molar-refractivity contribution in [1.29, 1.82) is 0 Å². The van der Waals surface area contributed by atoms with Crippen molar-refractivity contribution in [1.82, 2.24) is 5.43 Å². The molecule has 152 valence electrons. The third kappa shape index (κ3) is 4.77. The molecule has 0 bridgehead atoms. The lowest BCUT2D eigenvalue weighted by atomic mass is 9.90. The summed E-state index contributed by atoms with van der Waals surface area (Å²) in [6.45, 7) is 1.82. The fraction of sp³-hybridized carbons (Fsp3) is 0.231. The highest BCUT2D eigenvalue weighted by atomic mass is 16.5. The van der Waals surface area contributed by atoms with Crippen LogP contribution in [-0.2, 0) is 17.6 Å². The molecule has 4 rings (SSSR count). The van der Waals surface area contributed by atoms with E-state index in [1.807, 2.05) is 61.5 Å². The Hall–Kier alpha value is -3.40. The van der Waals surface area contributed by atoms with Crippen molar-refractivity contribution in [2.24, 2.45) is 5.10 Å². The summed E-state index contributed by atoms with van der Waals surface area (Å²) in [5, 5.41) is 4.27. The SMILES string of the molecule is CC(=NNC(=O)COc1ccccc1-c1ccccc1)c1ccc2c(c1)CCCC2. The summed E-state index contributed by atoms with van der Waals surface area (Å²) in [5.41, 5.74) is 9.30. The first kappa shape index (κ1) is 19.9. The maximum absolute atomic E-state index is 12.3. The van der Waals surface area contributed by atoms with Crippen molar-refractivity contribution in [2.45, 2.75) is 32.6 Å². The van der Waals surface area contributed by atoms with Gasteiger partial charge in [-0.2, -0.15) is 5.10 Å². The van der Waals surface area contributed by atoms with Crippen LogP contribution in [0.4, 0.5) is 0 Å². The summed E-state index contributed by atoms with van der Waals surface area (Å²) in [5.74, 6) is 0.393. The molecule has 1 N–H and O–H groups in total. The van der Waals surface area contributed by atoms with E-state index in [1.165, 1.54) is 24.0 Å². The molecule has 0 fully saturated rings. The third-order valence-electron chi connectivity index (χ3n) is 5.45. The van der Waals surface area contributed by atoms with Gasteiger partial charge in [0.05, 0.1) is 5.71 Å². The van der Waals surface area contributed by atoms with Crippen molar-refractivity contribution in [2.75, 3.05) is 6.61 Å². The molecule has 4 nitrogen and oxygen atoms in total. The lowest BCUT2D eigenvalue weighted by molar-refractivity contribution is -0.123. The van der Waals surface area contributed by atoms with E-state index in [2.05, 4.69) is 28.7 Å². The number of rotatable bonds is 6. The first-order chi connectivity index (χ1) is 14.7. The highest BCUT2D eigenvalue weighted by Gasteiger charge is 2.11. The van der Waals surface area contributed by atoms with E-state index in [0.717, 1.165) is 35.2 Å². The molecule has 1 aliphatic rings. The number of ether oxygens (including phenoxy) is 1. The van der Waals surface area contributed by atoms with Gasteiger partial charge < -0.3 is 4.74 Å². The average Bonchev–Trinajstić information content (AvgIpc) is 2.81. The summed E-state index contributed by atoms with van der Waals surface area (Å²) < 4.78 is 5.78. The number of carbonyl (C=O) groups is 1. The molecule has 0 aliphatic heterocycles. The molecule has 0 radical (unpaired) electrons. The second-order valence-corrected chi connectivity index (χ2v) is 7.57. The zero-order valence-corrected chi connectivity index (χ0v) is 17.2. The normalized spacial score (nSPS) is 13.4. The molecule has 3 aromatic rings. The van der Waals surface area contributed by atoms with E-state index in [1.54, 1.807) is 0 Å². The number of benzene rings is 3.